The van der Waals surface area contributed by atoms with E-state index < -0.39 is 14.1 Å². The van der Waals surface area contributed by atoms with Gasteiger partial charge in [-0.15, -0.1) is 0 Å². The molecule has 0 aliphatic carbocycles. The highest BCUT2D eigenvalue weighted by atomic mass is 31.2. The molecule has 0 unspecified atom stereocenters. The molecule has 0 spiro atoms. The zero-order chi connectivity index (χ0) is 14.6. The molecule has 0 heterocycles. The molecule has 0 bridgehead atoms. The lowest BCUT2D eigenvalue weighted by Gasteiger charge is -2.03. The molecule has 5 heteroatoms. The molecule has 0 aromatic heterocycles. The largest absolute Gasteiger partial charge is 0.411 e. The Labute approximate surface area is 117 Å². The lowest BCUT2D eigenvalue weighted by atomic mass is 10.1. The van der Waals surface area contributed by atoms with Crippen molar-refractivity contribution in [3.05, 3.63) is 0 Å². The van der Waals surface area contributed by atoms with E-state index in [2.05, 4.69) is 6.92 Å². The van der Waals surface area contributed by atoms with Crippen molar-refractivity contribution in [3.63, 3.8) is 0 Å². The van der Waals surface area contributed by atoms with Gasteiger partial charge in [0.25, 0.3) is 0 Å². The zero-order valence-electron chi connectivity index (χ0n) is 12.2. The van der Waals surface area contributed by atoms with Crippen LogP contribution in [0.3, 0.4) is 0 Å². The average Bonchev–Trinajstić information content (AvgIpc) is 2.29. The van der Waals surface area contributed by atoms with Crippen molar-refractivity contribution in [3.8, 4) is 0 Å². The molecule has 0 saturated carbocycles. The second-order valence-electron chi connectivity index (χ2n) is 5.32. The Morgan fingerprint density at radius 1 is 0.789 bits per heavy atom. The average molecular weight is 293 g/mol. The molecule has 0 fully saturated rings. The van der Waals surface area contributed by atoms with Gasteiger partial charge in [0.15, 0.2) is 11.9 Å². The lowest BCUT2D eigenvalue weighted by molar-refractivity contribution is -0.117. The molecular formula is C14H30O4P+. The first-order valence-electron chi connectivity index (χ1n) is 7.53. The van der Waals surface area contributed by atoms with Crippen molar-refractivity contribution < 1.29 is 19.5 Å². The second-order valence-corrected chi connectivity index (χ2v) is 7.02. The third-order valence-electron chi connectivity index (χ3n) is 3.20. The monoisotopic (exact) mass is 293 g/mol. The highest BCUT2D eigenvalue weighted by Gasteiger charge is 2.32. The van der Waals surface area contributed by atoms with Crippen LogP contribution >= 0.6 is 7.94 Å². The van der Waals surface area contributed by atoms with Crippen molar-refractivity contribution in [1.82, 2.24) is 0 Å². The van der Waals surface area contributed by atoms with Crippen LogP contribution in [0.1, 0.15) is 77.6 Å². The summed E-state index contributed by atoms with van der Waals surface area (Å²) in [4.78, 5) is 37.5. The van der Waals surface area contributed by atoms with Crippen molar-refractivity contribution >= 4 is 13.7 Å². The molecule has 0 amide bonds. The summed E-state index contributed by atoms with van der Waals surface area (Å²) in [5.74, 6) is -0.250. The first kappa shape index (κ1) is 19.0. The van der Waals surface area contributed by atoms with Gasteiger partial charge >= 0.3 is 7.94 Å². The maximum absolute atomic E-state index is 11.2. The van der Waals surface area contributed by atoms with Crippen molar-refractivity contribution in [2.45, 2.75) is 77.6 Å². The van der Waals surface area contributed by atoms with Gasteiger partial charge in [-0.1, -0.05) is 64.7 Å². The molecule has 0 aromatic rings. The molecule has 0 atom stereocenters. The van der Waals surface area contributed by atoms with Gasteiger partial charge in [0, 0.05) is 6.42 Å². The van der Waals surface area contributed by atoms with Gasteiger partial charge in [-0.25, -0.2) is 0 Å². The zero-order valence-corrected chi connectivity index (χ0v) is 13.1. The smallest absolute Gasteiger partial charge is 0.295 e. The van der Waals surface area contributed by atoms with Gasteiger partial charge in [0.2, 0.25) is 0 Å². The van der Waals surface area contributed by atoms with Crippen LogP contribution in [-0.4, -0.2) is 26.6 Å². The molecule has 0 radical (unpaired) electrons. The minimum Gasteiger partial charge on any atom is -0.295 e. The third-order valence-corrected chi connectivity index (χ3v) is 3.97. The normalized spacial score (nSPS) is 11.8. The number of rotatable bonds is 13. The van der Waals surface area contributed by atoms with E-state index in [4.69, 9.17) is 14.7 Å². The molecule has 0 aromatic carbocycles. The van der Waals surface area contributed by atoms with Gasteiger partial charge in [0.05, 0.1) is 0 Å². The molecule has 0 aliphatic rings. The number of carbonyl (C=O) groups excluding carboxylic acids is 1. The van der Waals surface area contributed by atoms with Crippen LogP contribution in [0, 0.1) is 0 Å². The first-order chi connectivity index (χ1) is 8.95. The van der Waals surface area contributed by atoms with E-state index in [1.807, 2.05) is 0 Å². The van der Waals surface area contributed by atoms with Gasteiger partial charge in [-0.2, -0.15) is 14.7 Å². The van der Waals surface area contributed by atoms with Crippen molar-refractivity contribution in [1.29, 1.82) is 0 Å². The van der Waals surface area contributed by atoms with Crippen LogP contribution in [0.25, 0.3) is 0 Å². The van der Waals surface area contributed by atoms with Crippen molar-refractivity contribution in [2.24, 2.45) is 0 Å². The molecule has 0 rings (SSSR count). The fourth-order valence-electron chi connectivity index (χ4n) is 2.13. The fourth-order valence-corrected chi connectivity index (χ4v) is 2.76. The van der Waals surface area contributed by atoms with Gasteiger partial charge < -0.3 is 0 Å². The summed E-state index contributed by atoms with van der Waals surface area (Å²) in [5.41, 5.74) is 0. The maximum atomic E-state index is 11.2. The Morgan fingerprint density at radius 2 is 1.21 bits per heavy atom. The van der Waals surface area contributed by atoms with Crippen LogP contribution in [0.4, 0.5) is 0 Å². The Hall–Kier alpha value is -0.0200. The summed E-state index contributed by atoms with van der Waals surface area (Å²) in [6.45, 7) is 2.22. The summed E-state index contributed by atoms with van der Waals surface area (Å²) in [6, 6.07) is 0. The minimum atomic E-state index is -3.90. The summed E-state index contributed by atoms with van der Waals surface area (Å²) in [6.07, 6.45) is 11.9. The van der Waals surface area contributed by atoms with Crippen LogP contribution in [0.15, 0.2) is 0 Å². The van der Waals surface area contributed by atoms with E-state index in [0.29, 0.717) is 6.42 Å². The fraction of sp³-hybridized carbons (Fsp3) is 0.929. The predicted octanol–water partition coefficient (Wildman–Crippen LogP) is 3.61. The van der Waals surface area contributed by atoms with Crippen LogP contribution in [0.2, 0.25) is 0 Å². The molecule has 0 saturated heterocycles. The lowest BCUT2D eigenvalue weighted by Crippen LogP contribution is -2.08. The third kappa shape index (κ3) is 15.9. The number of hydrogen-bond donors (Lipinski definition) is 3. The van der Waals surface area contributed by atoms with Crippen LogP contribution in [-0.2, 0) is 4.79 Å². The first-order valence-corrected chi connectivity index (χ1v) is 9.37. The highest BCUT2D eigenvalue weighted by molar-refractivity contribution is 7.59. The SMILES string of the molecule is CCCCCCCCCCCCC(=O)C[P+](O)(O)O. The Kier molecular flexibility index (Phi) is 11.8. The van der Waals surface area contributed by atoms with E-state index in [9.17, 15) is 4.79 Å². The molecule has 114 valence electrons. The number of hydrogen-bond acceptors (Lipinski definition) is 4. The van der Waals surface area contributed by atoms with Gasteiger partial charge in [0.1, 0.15) is 0 Å². The van der Waals surface area contributed by atoms with E-state index in [-0.39, 0.29) is 5.78 Å². The van der Waals surface area contributed by atoms with Crippen LogP contribution in [0.5, 0.6) is 0 Å². The summed E-state index contributed by atoms with van der Waals surface area (Å²) in [7, 11) is -3.90. The minimum absolute atomic E-state index is 0.250. The second kappa shape index (κ2) is 11.8. The Balaban J connectivity index is 3.21. The van der Waals surface area contributed by atoms with Gasteiger partial charge in [-0.05, 0) is 6.42 Å². The molecule has 4 nitrogen and oxygen atoms in total. The van der Waals surface area contributed by atoms with E-state index in [1.54, 1.807) is 0 Å². The van der Waals surface area contributed by atoms with E-state index in [0.717, 1.165) is 19.3 Å². The number of unbranched alkanes of at least 4 members (excludes halogenated alkanes) is 9. The summed E-state index contributed by atoms with van der Waals surface area (Å²) < 4.78 is 0. The quantitative estimate of drug-likeness (QED) is 0.358. The Morgan fingerprint density at radius 3 is 1.63 bits per heavy atom. The number of Topliss-reactive ketones (excluding diaryl/α,β-unsaturated/α-hetero) is 1. The highest BCUT2D eigenvalue weighted by Crippen LogP contribution is 2.44. The van der Waals surface area contributed by atoms with E-state index >= 15 is 0 Å². The number of carbonyl (C=O) groups is 1. The van der Waals surface area contributed by atoms with Crippen LogP contribution < -0.4 is 0 Å². The predicted molar refractivity (Wildman–Crippen MR) is 79.9 cm³/mol. The Bertz CT molecular complexity index is 226. The molecule has 19 heavy (non-hydrogen) atoms. The summed E-state index contributed by atoms with van der Waals surface area (Å²) in [5, 5.41) is 0. The molecule has 0 aliphatic heterocycles. The standard InChI is InChI=1S/C14H30O4P/c1-2-3-4-5-6-7-8-9-10-11-12-14(15)13-19(16,17)18/h16-18H,2-13H2,1H3/q+1. The maximum Gasteiger partial charge on any atom is 0.411 e. The van der Waals surface area contributed by atoms with E-state index in [1.165, 1.54) is 44.9 Å². The topological polar surface area (TPSA) is 77.8 Å². The number of ketones is 1. The summed E-state index contributed by atoms with van der Waals surface area (Å²) >= 11 is 0. The molecule has 3 N–H and O–H groups in total. The van der Waals surface area contributed by atoms with Crippen molar-refractivity contribution in [2.75, 3.05) is 6.16 Å². The molecular weight excluding hydrogens is 263 g/mol. The van der Waals surface area contributed by atoms with Gasteiger partial charge in [-0.3, -0.25) is 4.79 Å².